The molecule has 2 heterocycles. The van der Waals surface area contributed by atoms with E-state index in [1.807, 2.05) is 13.1 Å². The number of hydrogen-bond donors (Lipinski definition) is 0. The summed E-state index contributed by atoms with van der Waals surface area (Å²) in [6, 6.07) is 5.45. The maximum atomic E-state index is 12.1. The first-order valence-corrected chi connectivity index (χ1v) is 10.8. The Morgan fingerprint density at radius 1 is 1.19 bits per heavy atom. The van der Waals surface area contributed by atoms with Crippen molar-refractivity contribution in [2.45, 2.75) is 39.5 Å². The zero-order valence-corrected chi connectivity index (χ0v) is 18.4. The molecule has 1 saturated heterocycles. The molecule has 1 aliphatic heterocycles. The van der Waals surface area contributed by atoms with Crippen LogP contribution in [0.25, 0.3) is 5.57 Å². The molecular formula is C23H24ClN3O4. The van der Waals surface area contributed by atoms with E-state index >= 15 is 0 Å². The number of carbonyl (C=O) groups excluding carboxylic acids is 1. The molecule has 31 heavy (non-hydrogen) atoms. The standard InChI is InChI=1S/C23H24ClN3O4/c1-3-31-23(28)26-8-6-15(7-9-26)21-18-12-20(27(29)30)19(24)11-16(18)4-5-17-10-14(2)13-25-22(17)21/h10-13H,3-9H2,1-2H3. The van der Waals surface area contributed by atoms with E-state index in [1.165, 1.54) is 0 Å². The normalized spacial score (nSPS) is 15.8. The van der Waals surface area contributed by atoms with Gasteiger partial charge in [0.25, 0.3) is 5.69 Å². The Kier molecular flexibility index (Phi) is 5.96. The summed E-state index contributed by atoms with van der Waals surface area (Å²) in [5.74, 6) is 0. The lowest BCUT2D eigenvalue weighted by Gasteiger charge is -2.29. The fourth-order valence-electron chi connectivity index (χ4n) is 4.41. The van der Waals surface area contributed by atoms with Gasteiger partial charge in [-0.3, -0.25) is 15.1 Å². The van der Waals surface area contributed by atoms with E-state index in [0.29, 0.717) is 32.5 Å². The largest absolute Gasteiger partial charge is 0.450 e. The number of nitrogens with zero attached hydrogens (tertiary/aromatic N) is 3. The Balaban J connectivity index is 1.84. The van der Waals surface area contributed by atoms with Crippen LogP contribution in [-0.4, -0.2) is 40.6 Å². The highest BCUT2D eigenvalue weighted by molar-refractivity contribution is 6.32. The first-order valence-electron chi connectivity index (χ1n) is 10.5. The third-order valence-corrected chi connectivity index (χ3v) is 6.19. The van der Waals surface area contributed by atoms with Crippen LogP contribution >= 0.6 is 11.6 Å². The van der Waals surface area contributed by atoms with Gasteiger partial charge in [0.2, 0.25) is 0 Å². The van der Waals surface area contributed by atoms with Gasteiger partial charge in [0, 0.05) is 30.9 Å². The molecule has 4 rings (SSSR count). The van der Waals surface area contributed by atoms with E-state index in [1.54, 1.807) is 24.0 Å². The number of aryl methyl sites for hydroxylation is 3. The number of likely N-dealkylation sites (tertiary alicyclic amines) is 1. The topological polar surface area (TPSA) is 85.6 Å². The lowest BCUT2D eigenvalue weighted by atomic mass is 9.88. The average Bonchev–Trinajstić information content (AvgIpc) is 2.89. The molecule has 0 spiro atoms. The van der Waals surface area contributed by atoms with Crippen molar-refractivity contribution < 1.29 is 14.5 Å². The van der Waals surface area contributed by atoms with Crippen LogP contribution in [-0.2, 0) is 17.6 Å². The molecule has 2 aliphatic rings. The maximum absolute atomic E-state index is 12.1. The number of halogens is 1. The van der Waals surface area contributed by atoms with Crippen molar-refractivity contribution in [1.82, 2.24) is 9.88 Å². The zero-order chi connectivity index (χ0) is 22.1. The minimum absolute atomic E-state index is 0.0990. The summed E-state index contributed by atoms with van der Waals surface area (Å²) in [5, 5.41) is 11.7. The minimum atomic E-state index is -0.442. The van der Waals surface area contributed by atoms with Crippen molar-refractivity contribution in [3.05, 3.63) is 73.1 Å². The minimum Gasteiger partial charge on any atom is -0.450 e. The van der Waals surface area contributed by atoms with Crippen molar-refractivity contribution in [3.8, 4) is 0 Å². The molecule has 7 nitrogen and oxygen atoms in total. The van der Waals surface area contributed by atoms with Gasteiger partial charge in [0.1, 0.15) is 5.02 Å². The Labute approximate surface area is 185 Å². The van der Waals surface area contributed by atoms with Gasteiger partial charge in [-0.25, -0.2) is 4.79 Å². The van der Waals surface area contributed by atoms with E-state index in [9.17, 15) is 14.9 Å². The molecule has 0 atom stereocenters. The number of piperidine rings is 1. The second kappa shape index (κ2) is 8.67. The first kappa shape index (κ1) is 21.3. The van der Waals surface area contributed by atoms with Crippen LogP contribution in [0.15, 0.2) is 30.0 Å². The van der Waals surface area contributed by atoms with Crippen LogP contribution in [0.3, 0.4) is 0 Å². The van der Waals surface area contributed by atoms with Gasteiger partial charge in [-0.2, -0.15) is 0 Å². The Hall–Kier alpha value is -2.93. The fraction of sp³-hybridized carbons (Fsp3) is 0.391. The second-order valence-electron chi connectivity index (χ2n) is 7.90. The molecule has 0 saturated carbocycles. The number of amides is 1. The van der Waals surface area contributed by atoms with Crippen molar-refractivity contribution in [3.63, 3.8) is 0 Å². The average molecular weight is 442 g/mol. The number of ether oxygens (including phenoxy) is 1. The van der Waals surface area contributed by atoms with E-state index in [-0.39, 0.29) is 16.8 Å². The van der Waals surface area contributed by atoms with Crippen molar-refractivity contribution in [2.75, 3.05) is 19.7 Å². The number of carbonyl (C=O) groups is 1. The molecule has 0 unspecified atom stereocenters. The molecule has 8 heteroatoms. The highest BCUT2D eigenvalue weighted by Gasteiger charge is 2.29. The maximum Gasteiger partial charge on any atom is 0.409 e. The van der Waals surface area contributed by atoms with Gasteiger partial charge < -0.3 is 9.64 Å². The van der Waals surface area contributed by atoms with E-state index in [2.05, 4.69) is 6.07 Å². The molecule has 1 aromatic carbocycles. The smallest absolute Gasteiger partial charge is 0.409 e. The summed E-state index contributed by atoms with van der Waals surface area (Å²) in [6.45, 7) is 5.24. The molecule has 1 fully saturated rings. The third kappa shape index (κ3) is 4.14. The number of nitro groups is 1. The van der Waals surface area contributed by atoms with Gasteiger partial charge in [0.05, 0.1) is 17.2 Å². The molecule has 1 aromatic heterocycles. The van der Waals surface area contributed by atoms with Crippen molar-refractivity contribution >= 4 is 29.0 Å². The van der Waals surface area contributed by atoms with Gasteiger partial charge in [-0.05, 0) is 67.9 Å². The molecular weight excluding hydrogens is 418 g/mol. The molecule has 0 radical (unpaired) electrons. The monoisotopic (exact) mass is 441 g/mol. The molecule has 162 valence electrons. The number of pyridine rings is 1. The lowest BCUT2D eigenvalue weighted by molar-refractivity contribution is -0.384. The van der Waals surface area contributed by atoms with Crippen LogP contribution in [0.5, 0.6) is 0 Å². The summed E-state index contributed by atoms with van der Waals surface area (Å²) in [7, 11) is 0. The summed E-state index contributed by atoms with van der Waals surface area (Å²) in [4.78, 5) is 29.7. The third-order valence-electron chi connectivity index (χ3n) is 5.89. The first-order chi connectivity index (χ1) is 14.9. The molecule has 0 bridgehead atoms. The fourth-order valence-corrected chi connectivity index (χ4v) is 4.66. The number of fused-ring (bicyclic) bond motifs is 2. The summed E-state index contributed by atoms with van der Waals surface area (Å²) >= 11 is 6.23. The predicted octanol–water partition coefficient (Wildman–Crippen LogP) is 5.10. The number of benzene rings is 1. The summed E-state index contributed by atoms with van der Waals surface area (Å²) in [5.41, 5.74) is 6.90. The Morgan fingerprint density at radius 3 is 2.58 bits per heavy atom. The van der Waals surface area contributed by atoms with Crippen molar-refractivity contribution in [1.29, 1.82) is 0 Å². The Morgan fingerprint density at radius 2 is 1.90 bits per heavy atom. The van der Waals surface area contributed by atoms with Crippen LogP contribution in [0.4, 0.5) is 10.5 Å². The van der Waals surface area contributed by atoms with Gasteiger partial charge in [-0.1, -0.05) is 23.2 Å². The second-order valence-corrected chi connectivity index (χ2v) is 8.31. The SMILES string of the molecule is CCOC(=O)N1CCC(=C2c3cc([N+](=O)[O-])c(Cl)cc3CCc3cc(C)cnc32)CC1. The van der Waals surface area contributed by atoms with Gasteiger partial charge in [-0.15, -0.1) is 0 Å². The zero-order valence-electron chi connectivity index (χ0n) is 17.6. The molecule has 2 aromatic rings. The summed E-state index contributed by atoms with van der Waals surface area (Å²) < 4.78 is 5.13. The molecule has 0 N–H and O–H groups in total. The van der Waals surface area contributed by atoms with Gasteiger partial charge in [0.15, 0.2) is 0 Å². The Bertz CT molecular complexity index is 1090. The van der Waals surface area contributed by atoms with Crippen LogP contribution in [0.2, 0.25) is 5.02 Å². The van der Waals surface area contributed by atoms with Gasteiger partial charge >= 0.3 is 6.09 Å². The lowest BCUT2D eigenvalue weighted by Crippen LogP contribution is -2.37. The quantitative estimate of drug-likeness (QED) is 0.477. The van der Waals surface area contributed by atoms with E-state index in [4.69, 9.17) is 21.3 Å². The van der Waals surface area contributed by atoms with E-state index in [0.717, 1.165) is 51.9 Å². The number of rotatable bonds is 2. The summed E-state index contributed by atoms with van der Waals surface area (Å²) in [6.07, 6.45) is 4.39. The highest BCUT2D eigenvalue weighted by Crippen LogP contribution is 2.41. The van der Waals surface area contributed by atoms with Crippen LogP contribution in [0, 0.1) is 17.0 Å². The molecule has 1 amide bonds. The predicted molar refractivity (Wildman–Crippen MR) is 118 cm³/mol. The number of hydrogen-bond acceptors (Lipinski definition) is 5. The highest BCUT2D eigenvalue weighted by atomic mass is 35.5. The number of aromatic nitrogens is 1. The van der Waals surface area contributed by atoms with Crippen molar-refractivity contribution in [2.24, 2.45) is 0 Å². The van der Waals surface area contributed by atoms with E-state index < -0.39 is 4.92 Å². The molecule has 1 aliphatic carbocycles. The van der Waals surface area contributed by atoms with Crippen LogP contribution in [0.1, 0.15) is 47.7 Å². The number of nitro benzene ring substituents is 1. The van der Waals surface area contributed by atoms with Crippen LogP contribution < -0.4 is 0 Å².